The number of carboxylic acid groups (broad SMARTS) is 1. The maximum Gasteiger partial charge on any atom is 0.326 e. The van der Waals surface area contributed by atoms with Crippen LogP contribution in [0.3, 0.4) is 0 Å². The third kappa shape index (κ3) is 5.16. The molecule has 0 spiro atoms. The average Bonchev–Trinajstić information content (AvgIpc) is 2.23. The van der Waals surface area contributed by atoms with E-state index in [0.29, 0.717) is 6.42 Å². The maximum absolute atomic E-state index is 11.7. The molecule has 18 heavy (non-hydrogen) atoms. The lowest BCUT2D eigenvalue weighted by Crippen LogP contribution is -2.51. The minimum absolute atomic E-state index is 0.256. The Labute approximate surface area is 107 Å². The number of carboxylic acids is 1. The van der Waals surface area contributed by atoms with Crippen LogP contribution in [0.4, 0.5) is 0 Å². The Morgan fingerprint density at radius 2 is 1.67 bits per heavy atom. The van der Waals surface area contributed by atoms with Gasteiger partial charge in [-0.05, 0) is 13.3 Å². The molecule has 0 heterocycles. The van der Waals surface area contributed by atoms with Crippen molar-refractivity contribution in [2.75, 3.05) is 0 Å². The van der Waals surface area contributed by atoms with E-state index in [1.807, 2.05) is 0 Å². The number of carbonyl (C=O) groups excluding carboxylic acids is 2. The van der Waals surface area contributed by atoms with Crippen molar-refractivity contribution in [1.82, 2.24) is 10.6 Å². The first-order valence-corrected chi connectivity index (χ1v) is 5.93. The van der Waals surface area contributed by atoms with Crippen molar-refractivity contribution in [3.8, 4) is 0 Å². The van der Waals surface area contributed by atoms with E-state index in [1.165, 1.54) is 6.92 Å². The first-order chi connectivity index (χ1) is 8.09. The topological polar surface area (TPSA) is 95.5 Å². The van der Waals surface area contributed by atoms with Crippen LogP contribution < -0.4 is 10.6 Å². The molecule has 104 valence electrons. The fourth-order valence-electron chi connectivity index (χ4n) is 1.11. The van der Waals surface area contributed by atoms with Gasteiger partial charge in [0, 0.05) is 5.41 Å². The smallest absolute Gasteiger partial charge is 0.326 e. The van der Waals surface area contributed by atoms with Crippen LogP contribution in [-0.2, 0) is 14.4 Å². The summed E-state index contributed by atoms with van der Waals surface area (Å²) >= 11 is 0. The Morgan fingerprint density at radius 1 is 1.17 bits per heavy atom. The van der Waals surface area contributed by atoms with Crippen molar-refractivity contribution in [2.45, 2.75) is 53.1 Å². The first-order valence-electron chi connectivity index (χ1n) is 5.93. The zero-order valence-corrected chi connectivity index (χ0v) is 11.5. The Hall–Kier alpha value is -1.59. The van der Waals surface area contributed by atoms with E-state index in [2.05, 4.69) is 10.6 Å². The van der Waals surface area contributed by atoms with Gasteiger partial charge in [-0.15, -0.1) is 0 Å². The Kier molecular flexibility index (Phi) is 5.81. The number of nitrogens with one attached hydrogen (secondary N) is 2. The van der Waals surface area contributed by atoms with E-state index in [0.717, 1.165) is 0 Å². The number of aliphatic carboxylic acids is 1. The van der Waals surface area contributed by atoms with Gasteiger partial charge in [0.05, 0.1) is 0 Å². The maximum atomic E-state index is 11.7. The molecule has 6 heteroatoms. The van der Waals surface area contributed by atoms with Gasteiger partial charge in [-0.25, -0.2) is 4.79 Å². The Bertz CT molecular complexity index is 333. The van der Waals surface area contributed by atoms with E-state index in [1.54, 1.807) is 27.7 Å². The molecule has 0 aliphatic rings. The number of hydrogen-bond donors (Lipinski definition) is 3. The first kappa shape index (κ1) is 16.4. The second-order valence-corrected chi connectivity index (χ2v) is 5.25. The molecule has 0 aromatic carbocycles. The van der Waals surface area contributed by atoms with Gasteiger partial charge in [0.1, 0.15) is 12.1 Å². The zero-order chi connectivity index (χ0) is 14.5. The summed E-state index contributed by atoms with van der Waals surface area (Å²) in [6.07, 6.45) is 0.293. The van der Waals surface area contributed by atoms with Gasteiger partial charge in [0.15, 0.2) is 0 Å². The highest BCUT2D eigenvalue weighted by Gasteiger charge is 2.26. The molecule has 1 unspecified atom stereocenters. The SMILES string of the molecule is CC[C@H](NC(=O)C(C)NC(=O)C(C)(C)C)C(=O)O. The van der Waals surface area contributed by atoms with Gasteiger partial charge < -0.3 is 15.7 Å². The van der Waals surface area contributed by atoms with Crippen LogP contribution in [0.1, 0.15) is 41.0 Å². The Balaban J connectivity index is 4.44. The third-order valence-corrected chi connectivity index (χ3v) is 2.44. The summed E-state index contributed by atoms with van der Waals surface area (Å²) in [4.78, 5) is 34.1. The van der Waals surface area contributed by atoms with Crippen LogP contribution >= 0.6 is 0 Å². The largest absolute Gasteiger partial charge is 0.480 e. The van der Waals surface area contributed by atoms with E-state index in [-0.39, 0.29) is 5.91 Å². The molecular formula is C12H22N2O4. The zero-order valence-electron chi connectivity index (χ0n) is 11.5. The summed E-state index contributed by atoms with van der Waals surface area (Å²) in [5.41, 5.74) is -0.592. The molecule has 0 aromatic heterocycles. The average molecular weight is 258 g/mol. The van der Waals surface area contributed by atoms with Gasteiger partial charge in [-0.1, -0.05) is 27.7 Å². The summed E-state index contributed by atoms with van der Waals surface area (Å²) in [5, 5.41) is 13.7. The van der Waals surface area contributed by atoms with Crippen molar-refractivity contribution in [1.29, 1.82) is 0 Å². The van der Waals surface area contributed by atoms with Crippen molar-refractivity contribution in [2.24, 2.45) is 5.41 Å². The molecule has 0 aliphatic carbocycles. The number of hydrogen-bond acceptors (Lipinski definition) is 3. The predicted octanol–water partition coefficient (Wildman–Crippen LogP) is 0.517. The predicted molar refractivity (Wildman–Crippen MR) is 66.9 cm³/mol. The second kappa shape index (κ2) is 6.37. The lowest BCUT2D eigenvalue weighted by molar-refractivity contribution is -0.142. The van der Waals surface area contributed by atoms with Crippen LogP contribution in [0, 0.1) is 5.41 Å². The highest BCUT2D eigenvalue weighted by atomic mass is 16.4. The summed E-state index contributed by atoms with van der Waals surface area (Å²) in [7, 11) is 0. The normalized spacial score (nSPS) is 14.5. The summed E-state index contributed by atoms with van der Waals surface area (Å²) in [6.45, 7) is 8.39. The molecule has 0 fully saturated rings. The molecule has 3 N–H and O–H groups in total. The van der Waals surface area contributed by atoms with E-state index in [4.69, 9.17) is 5.11 Å². The number of rotatable bonds is 5. The molecular weight excluding hydrogens is 236 g/mol. The molecule has 2 atom stereocenters. The standard InChI is InChI=1S/C12H22N2O4/c1-6-8(10(16)17)14-9(15)7(2)13-11(18)12(3,4)5/h7-8H,6H2,1-5H3,(H,13,18)(H,14,15)(H,16,17)/t7?,8-/m0/s1. The summed E-state index contributed by atoms with van der Waals surface area (Å²) in [5.74, 6) is -1.84. The van der Waals surface area contributed by atoms with Gasteiger partial charge in [-0.3, -0.25) is 9.59 Å². The fraction of sp³-hybridized carbons (Fsp3) is 0.750. The lowest BCUT2D eigenvalue weighted by Gasteiger charge is -2.22. The van der Waals surface area contributed by atoms with Crippen LogP contribution in [0.5, 0.6) is 0 Å². The van der Waals surface area contributed by atoms with Gasteiger partial charge in [-0.2, -0.15) is 0 Å². The highest BCUT2D eigenvalue weighted by molar-refractivity contribution is 5.91. The van der Waals surface area contributed by atoms with E-state index >= 15 is 0 Å². The monoisotopic (exact) mass is 258 g/mol. The van der Waals surface area contributed by atoms with Gasteiger partial charge in [0.2, 0.25) is 11.8 Å². The molecule has 0 radical (unpaired) electrons. The van der Waals surface area contributed by atoms with Gasteiger partial charge >= 0.3 is 5.97 Å². The quantitative estimate of drug-likeness (QED) is 0.669. The van der Waals surface area contributed by atoms with Crippen molar-refractivity contribution in [3.63, 3.8) is 0 Å². The molecule has 2 amide bonds. The highest BCUT2D eigenvalue weighted by Crippen LogP contribution is 2.12. The molecule has 0 aromatic rings. The second-order valence-electron chi connectivity index (χ2n) is 5.25. The van der Waals surface area contributed by atoms with Crippen LogP contribution in [0.2, 0.25) is 0 Å². The number of carbonyl (C=O) groups is 3. The van der Waals surface area contributed by atoms with Crippen molar-refractivity contribution >= 4 is 17.8 Å². The van der Waals surface area contributed by atoms with E-state index in [9.17, 15) is 14.4 Å². The Morgan fingerprint density at radius 3 is 2.00 bits per heavy atom. The van der Waals surface area contributed by atoms with Crippen molar-refractivity contribution < 1.29 is 19.5 Å². The molecule has 0 saturated carbocycles. The summed E-state index contributed by atoms with van der Waals surface area (Å²) in [6, 6.07) is -1.68. The molecule has 6 nitrogen and oxygen atoms in total. The van der Waals surface area contributed by atoms with Crippen molar-refractivity contribution in [3.05, 3.63) is 0 Å². The summed E-state index contributed by atoms with van der Waals surface area (Å²) < 4.78 is 0. The van der Waals surface area contributed by atoms with Crippen LogP contribution in [0.15, 0.2) is 0 Å². The molecule has 0 rings (SSSR count). The molecule has 0 bridgehead atoms. The number of amides is 2. The minimum atomic E-state index is -1.08. The van der Waals surface area contributed by atoms with Gasteiger partial charge in [0.25, 0.3) is 0 Å². The lowest BCUT2D eigenvalue weighted by atomic mass is 9.95. The van der Waals surface area contributed by atoms with E-state index < -0.39 is 29.4 Å². The third-order valence-electron chi connectivity index (χ3n) is 2.44. The van der Waals surface area contributed by atoms with Crippen LogP contribution in [0.25, 0.3) is 0 Å². The molecule has 0 saturated heterocycles. The van der Waals surface area contributed by atoms with Crippen LogP contribution in [-0.4, -0.2) is 35.0 Å². The fourth-order valence-corrected chi connectivity index (χ4v) is 1.11. The minimum Gasteiger partial charge on any atom is -0.480 e. The molecule has 0 aliphatic heterocycles.